The quantitative estimate of drug-likeness (QED) is 0.906. The van der Waals surface area contributed by atoms with Gasteiger partial charge in [-0.2, -0.15) is 5.10 Å². The van der Waals surface area contributed by atoms with Crippen LogP contribution in [-0.4, -0.2) is 10.2 Å². The Morgan fingerprint density at radius 2 is 2.47 bits per heavy atom. The maximum Gasteiger partial charge on any atom is 0.0701 e. The molecule has 0 aliphatic carbocycles. The number of halogens is 1. The first-order valence-electron chi connectivity index (χ1n) is 4.72. The Bertz CT molecular complexity index is 410. The summed E-state index contributed by atoms with van der Waals surface area (Å²) in [6.07, 6.45) is 3.74. The van der Waals surface area contributed by atoms with Crippen LogP contribution in [-0.2, 0) is 6.54 Å². The standard InChI is InChI=1S/C10H12BrN3S/c1-7(9-2-3-10(11)15-9)12-4-8-5-13-14-6-8/h2-3,5-7,12H,4H2,1H3,(H,13,14). The number of hydrogen-bond acceptors (Lipinski definition) is 3. The van der Waals surface area contributed by atoms with Crippen LogP contribution in [0.2, 0.25) is 0 Å². The highest BCUT2D eigenvalue weighted by molar-refractivity contribution is 9.11. The molecule has 15 heavy (non-hydrogen) atoms. The summed E-state index contributed by atoms with van der Waals surface area (Å²) in [5, 5.41) is 10.2. The van der Waals surface area contributed by atoms with Crippen LogP contribution in [0.4, 0.5) is 0 Å². The van der Waals surface area contributed by atoms with E-state index >= 15 is 0 Å². The van der Waals surface area contributed by atoms with Crippen LogP contribution in [0.1, 0.15) is 23.4 Å². The molecule has 2 aromatic heterocycles. The monoisotopic (exact) mass is 285 g/mol. The third kappa shape index (κ3) is 2.90. The zero-order valence-corrected chi connectivity index (χ0v) is 10.7. The van der Waals surface area contributed by atoms with Crippen LogP contribution >= 0.6 is 27.3 Å². The SMILES string of the molecule is CC(NCc1cn[nH]c1)c1ccc(Br)s1. The number of aromatic amines is 1. The summed E-state index contributed by atoms with van der Waals surface area (Å²) in [6.45, 7) is 3.01. The Labute approximate surface area is 101 Å². The summed E-state index contributed by atoms with van der Waals surface area (Å²) in [7, 11) is 0. The summed E-state index contributed by atoms with van der Waals surface area (Å²) in [6, 6.07) is 4.59. The Morgan fingerprint density at radius 3 is 3.07 bits per heavy atom. The molecule has 2 heterocycles. The minimum atomic E-state index is 0.371. The van der Waals surface area contributed by atoms with E-state index in [1.807, 2.05) is 12.4 Å². The van der Waals surface area contributed by atoms with E-state index in [0.29, 0.717) is 6.04 Å². The Morgan fingerprint density at radius 1 is 1.60 bits per heavy atom. The molecule has 2 rings (SSSR count). The summed E-state index contributed by atoms with van der Waals surface area (Å²) in [4.78, 5) is 1.34. The molecule has 2 N–H and O–H groups in total. The van der Waals surface area contributed by atoms with Crippen LogP contribution in [0.25, 0.3) is 0 Å². The van der Waals surface area contributed by atoms with Crippen LogP contribution in [0.15, 0.2) is 28.3 Å². The number of thiophene rings is 1. The average molecular weight is 286 g/mol. The lowest BCUT2D eigenvalue weighted by molar-refractivity contribution is 0.583. The van der Waals surface area contributed by atoms with Gasteiger partial charge in [0.05, 0.1) is 9.98 Å². The van der Waals surface area contributed by atoms with E-state index in [0.717, 1.165) is 6.54 Å². The molecule has 0 saturated carbocycles. The molecule has 0 radical (unpaired) electrons. The highest BCUT2D eigenvalue weighted by atomic mass is 79.9. The topological polar surface area (TPSA) is 40.7 Å². The first-order chi connectivity index (χ1) is 7.25. The van der Waals surface area contributed by atoms with Crippen LogP contribution in [0, 0.1) is 0 Å². The van der Waals surface area contributed by atoms with Crippen molar-refractivity contribution in [3.8, 4) is 0 Å². The van der Waals surface area contributed by atoms with Crippen molar-refractivity contribution in [1.82, 2.24) is 15.5 Å². The maximum absolute atomic E-state index is 3.91. The Balaban J connectivity index is 1.90. The van der Waals surface area contributed by atoms with Crippen molar-refractivity contribution >= 4 is 27.3 Å². The first kappa shape index (κ1) is 10.9. The van der Waals surface area contributed by atoms with E-state index in [4.69, 9.17) is 0 Å². The molecule has 1 atom stereocenters. The fourth-order valence-corrected chi connectivity index (χ4v) is 2.76. The molecule has 1 unspecified atom stereocenters. The molecule has 3 nitrogen and oxygen atoms in total. The predicted octanol–water partition coefficient (Wildman–Crippen LogP) is 3.08. The molecular formula is C10H12BrN3S. The molecule has 5 heteroatoms. The minimum absolute atomic E-state index is 0.371. The van der Waals surface area contributed by atoms with Crippen molar-refractivity contribution < 1.29 is 0 Å². The summed E-state index contributed by atoms with van der Waals surface area (Å²) in [5.41, 5.74) is 1.18. The molecule has 0 fully saturated rings. The highest BCUT2D eigenvalue weighted by Crippen LogP contribution is 2.27. The maximum atomic E-state index is 3.91. The normalized spacial score (nSPS) is 12.9. The van der Waals surface area contributed by atoms with E-state index in [1.165, 1.54) is 14.2 Å². The molecule has 0 saturated heterocycles. The van der Waals surface area contributed by atoms with Crippen molar-refractivity contribution in [2.24, 2.45) is 0 Å². The van der Waals surface area contributed by atoms with Gasteiger partial charge in [-0.3, -0.25) is 5.10 Å². The number of nitrogens with one attached hydrogen (secondary N) is 2. The predicted molar refractivity (Wildman–Crippen MR) is 65.9 cm³/mol. The lowest BCUT2D eigenvalue weighted by Crippen LogP contribution is -2.16. The molecule has 0 aliphatic rings. The second-order valence-corrected chi connectivity index (χ2v) is 5.85. The largest absolute Gasteiger partial charge is 0.305 e. The zero-order chi connectivity index (χ0) is 10.7. The van der Waals surface area contributed by atoms with Crippen LogP contribution in [0.3, 0.4) is 0 Å². The van der Waals surface area contributed by atoms with Gasteiger partial charge in [0.1, 0.15) is 0 Å². The second-order valence-electron chi connectivity index (χ2n) is 3.35. The van der Waals surface area contributed by atoms with Crippen LogP contribution < -0.4 is 5.32 Å². The van der Waals surface area contributed by atoms with Crippen molar-refractivity contribution in [2.75, 3.05) is 0 Å². The minimum Gasteiger partial charge on any atom is -0.305 e. The average Bonchev–Trinajstić information content (AvgIpc) is 2.84. The number of hydrogen-bond donors (Lipinski definition) is 2. The second kappa shape index (κ2) is 4.92. The van der Waals surface area contributed by atoms with Crippen molar-refractivity contribution in [2.45, 2.75) is 19.5 Å². The highest BCUT2D eigenvalue weighted by Gasteiger charge is 2.07. The van der Waals surface area contributed by atoms with Gasteiger partial charge in [0.25, 0.3) is 0 Å². The molecule has 0 aromatic carbocycles. The third-order valence-electron chi connectivity index (χ3n) is 2.19. The van der Waals surface area contributed by atoms with Crippen molar-refractivity contribution in [1.29, 1.82) is 0 Å². The van der Waals surface area contributed by atoms with Gasteiger partial charge in [0.2, 0.25) is 0 Å². The van der Waals surface area contributed by atoms with Gasteiger partial charge < -0.3 is 5.32 Å². The molecule has 80 valence electrons. The van der Waals surface area contributed by atoms with Gasteiger partial charge >= 0.3 is 0 Å². The number of rotatable bonds is 4. The molecule has 2 aromatic rings. The number of H-pyrrole nitrogens is 1. The van der Waals surface area contributed by atoms with E-state index in [-0.39, 0.29) is 0 Å². The van der Waals surface area contributed by atoms with Gasteiger partial charge in [-0.15, -0.1) is 11.3 Å². The smallest absolute Gasteiger partial charge is 0.0701 e. The van der Waals surface area contributed by atoms with E-state index in [9.17, 15) is 0 Å². The van der Waals surface area contributed by atoms with Crippen LogP contribution in [0.5, 0.6) is 0 Å². The van der Waals surface area contributed by atoms with Gasteiger partial charge in [0, 0.05) is 29.2 Å². The molecule has 0 spiro atoms. The first-order valence-corrected chi connectivity index (χ1v) is 6.33. The third-order valence-corrected chi connectivity index (χ3v) is 3.99. The summed E-state index contributed by atoms with van der Waals surface area (Å²) >= 11 is 5.23. The molecular weight excluding hydrogens is 274 g/mol. The fourth-order valence-electron chi connectivity index (χ4n) is 1.31. The molecule has 0 amide bonds. The van der Waals surface area contributed by atoms with Gasteiger partial charge in [-0.1, -0.05) is 0 Å². The molecule has 0 aliphatic heterocycles. The van der Waals surface area contributed by atoms with Gasteiger partial charge in [0.15, 0.2) is 0 Å². The fraction of sp³-hybridized carbons (Fsp3) is 0.300. The summed E-state index contributed by atoms with van der Waals surface area (Å²) < 4.78 is 1.18. The Hall–Kier alpha value is -0.650. The van der Waals surface area contributed by atoms with Crippen molar-refractivity contribution in [3.05, 3.63) is 38.8 Å². The number of nitrogens with zero attached hydrogens (tertiary/aromatic N) is 1. The van der Waals surface area contributed by atoms with Gasteiger partial charge in [-0.25, -0.2) is 0 Å². The van der Waals surface area contributed by atoms with Gasteiger partial charge in [-0.05, 0) is 35.0 Å². The lowest BCUT2D eigenvalue weighted by Gasteiger charge is -2.10. The Kier molecular flexibility index (Phi) is 3.56. The van der Waals surface area contributed by atoms with E-state index in [1.54, 1.807) is 11.3 Å². The lowest BCUT2D eigenvalue weighted by atomic mass is 10.2. The van der Waals surface area contributed by atoms with Crippen molar-refractivity contribution in [3.63, 3.8) is 0 Å². The summed E-state index contributed by atoms with van der Waals surface area (Å²) in [5.74, 6) is 0. The number of aromatic nitrogens is 2. The van der Waals surface area contributed by atoms with E-state index < -0.39 is 0 Å². The molecule has 0 bridgehead atoms. The van der Waals surface area contributed by atoms with E-state index in [2.05, 4.69) is 50.5 Å². The zero-order valence-electron chi connectivity index (χ0n) is 8.33.